The zero-order valence-corrected chi connectivity index (χ0v) is 18.4. The molecule has 172 valence electrons. The number of aliphatic hydroxyl groups is 1. The summed E-state index contributed by atoms with van der Waals surface area (Å²) in [7, 11) is 0. The van der Waals surface area contributed by atoms with Crippen LogP contribution in [0, 0.1) is 0 Å². The Morgan fingerprint density at radius 3 is 2.28 bits per heavy atom. The molecule has 0 bridgehead atoms. The van der Waals surface area contributed by atoms with E-state index in [2.05, 4.69) is 17.2 Å². The predicted octanol–water partition coefficient (Wildman–Crippen LogP) is 2.38. The third-order valence-corrected chi connectivity index (χ3v) is 4.92. The van der Waals surface area contributed by atoms with E-state index in [4.69, 9.17) is 16.2 Å². The van der Waals surface area contributed by atoms with Crippen molar-refractivity contribution in [2.24, 2.45) is 16.5 Å². The van der Waals surface area contributed by atoms with Crippen LogP contribution in [0.4, 0.5) is 0 Å². The van der Waals surface area contributed by atoms with Gasteiger partial charge in [0.15, 0.2) is 5.96 Å². The minimum Gasteiger partial charge on any atom is -0.480 e. The first-order valence-electron chi connectivity index (χ1n) is 11.2. The fourth-order valence-corrected chi connectivity index (χ4v) is 3.17. The number of guanidine groups is 1. The molecule has 0 rings (SSSR count). The van der Waals surface area contributed by atoms with Crippen molar-refractivity contribution in [2.75, 3.05) is 19.7 Å². The molecule has 0 aliphatic carbocycles. The second-order valence-electron chi connectivity index (χ2n) is 7.71. The van der Waals surface area contributed by atoms with E-state index in [1.807, 2.05) is 0 Å². The summed E-state index contributed by atoms with van der Waals surface area (Å²) in [5, 5.41) is 22.2. The number of hydrogen-bond donors (Lipinski definition) is 5. The Morgan fingerprint density at radius 1 is 1.03 bits per heavy atom. The predicted molar refractivity (Wildman–Crippen MR) is 118 cm³/mol. The summed E-state index contributed by atoms with van der Waals surface area (Å²) in [6.45, 7) is 5.45. The molecule has 0 aliphatic heterocycles. The highest BCUT2D eigenvalue weighted by Crippen LogP contribution is 2.13. The van der Waals surface area contributed by atoms with Crippen molar-refractivity contribution in [3.63, 3.8) is 0 Å². The molecule has 3 atom stereocenters. The number of nitrogens with zero attached hydrogens (tertiary/aromatic N) is 1. The molecular weight excluding hydrogens is 372 g/mol. The number of aliphatic imine (C=N–C) groups is 1. The Morgan fingerprint density at radius 2 is 1.69 bits per heavy atom. The highest BCUT2D eigenvalue weighted by atomic mass is 16.5. The number of aliphatic carboxylic acids is 1. The molecule has 8 heteroatoms. The molecule has 0 saturated carbocycles. The van der Waals surface area contributed by atoms with Gasteiger partial charge in [0.1, 0.15) is 6.04 Å². The highest BCUT2D eigenvalue weighted by Gasteiger charge is 2.17. The number of unbranched alkanes of at least 4 members (excludes halogenated alkanes) is 6. The summed E-state index contributed by atoms with van der Waals surface area (Å²) in [5.41, 5.74) is 10.5. The first kappa shape index (κ1) is 27.6. The van der Waals surface area contributed by atoms with Crippen LogP contribution in [-0.4, -0.2) is 60.1 Å². The van der Waals surface area contributed by atoms with Crippen molar-refractivity contribution >= 4 is 11.9 Å². The monoisotopic (exact) mass is 416 g/mol. The van der Waals surface area contributed by atoms with E-state index in [9.17, 15) is 15.0 Å². The Labute approximate surface area is 176 Å². The molecule has 2 unspecified atom stereocenters. The van der Waals surface area contributed by atoms with E-state index < -0.39 is 18.1 Å². The van der Waals surface area contributed by atoms with Gasteiger partial charge in [-0.05, 0) is 39.2 Å². The maximum absolute atomic E-state index is 11.3. The Balaban J connectivity index is 3.91. The van der Waals surface area contributed by atoms with Gasteiger partial charge in [-0.2, -0.15) is 0 Å². The molecule has 0 aromatic carbocycles. The molecule has 0 aromatic rings. The molecule has 0 fully saturated rings. The molecule has 8 nitrogen and oxygen atoms in total. The van der Waals surface area contributed by atoms with Crippen molar-refractivity contribution in [3.05, 3.63) is 0 Å². The maximum Gasteiger partial charge on any atom is 0.320 e. The van der Waals surface area contributed by atoms with Crippen LogP contribution in [0.25, 0.3) is 0 Å². The van der Waals surface area contributed by atoms with Crippen LogP contribution in [0.5, 0.6) is 0 Å². The number of nitrogens with one attached hydrogen (secondary N) is 1. The zero-order valence-electron chi connectivity index (χ0n) is 18.4. The van der Waals surface area contributed by atoms with E-state index in [0.29, 0.717) is 39.0 Å². The lowest BCUT2D eigenvalue weighted by Crippen LogP contribution is -2.38. The van der Waals surface area contributed by atoms with Crippen molar-refractivity contribution in [1.29, 1.82) is 0 Å². The summed E-state index contributed by atoms with van der Waals surface area (Å²) in [4.78, 5) is 15.2. The number of ether oxygens (including phenoxy) is 1. The first-order chi connectivity index (χ1) is 13.9. The van der Waals surface area contributed by atoms with Gasteiger partial charge in [0.05, 0.1) is 12.2 Å². The standard InChI is InChI=1S/C21H44N4O4/c1-3-4-5-6-7-8-9-13-19(17(2)26)29-16-11-15-24-18(20(27)28)12-10-14-25-21(22)23/h17-19,24,26H,3-16H2,1-2H3,(H,27,28)(H4,22,23,25)/t17?,18-,19?/m0/s1. The molecule has 0 heterocycles. The third-order valence-electron chi connectivity index (χ3n) is 4.92. The summed E-state index contributed by atoms with van der Waals surface area (Å²) >= 11 is 0. The third kappa shape index (κ3) is 17.2. The van der Waals surface area contributed by atoms with Crippen LogP contribution in [0.2, 0.25) is 0 Å². The lowest BCUT2D eigenvalue weighted by Gasteiger charge is -2.21. The van der Waals surface area contributed by atoms with Gasteiger partial charge in [-0.25, -0.2) is 0 Å². The SMILES string of the molecule is CCCCCCCCCC(OCCCN[C@@H](CCCN=C(N)N)C(=O)O)C(C)O. The van der Waals surface area contributed by atoms with Crippen LogP contribution in [0.1, 0.15) is 84.5 Å². The van der Waals surface area contributed by atoms with Crippen LogP contribution in [0.15, 0.2) is 4.99 Å². The minimum atomic E-state index is -0.878. The van der Waals surface area contributed by atoms with Crippen molar-refractivity contribution < 1.29 is 19.7 Å². The molecule has 0 saturated heterocycles. The smallest absolute Gasteiger partial charge is 0.320 e. The molecule has 0 spiro atoms. The van der Waals surface area contributed by atoms with Gasteiger partial charge in [0, 0.05) is 13.2 Å². The number of hydrogen-bond acceptors (Lipinski definition) is 5. The number of carbonyl (C=O) groups is 1. The van der Waals surface area contributed by atoms with E-state index in [-0.39, 0.29) is 12.1 Å². The maximum atomic E-state index is 11.3. The average molecular weight is 417 g/mol. The van der Waals surface area contributed by atoms with E-state index in [1.54, 1.807) is 6.92 Å². The Hall–Kier alpha value is -1.38. The van der Waals surface area contributed by atoms with Gasteiger partial charge < -0.3 is 31.7 Å². The fourth-order valence-electron chi connectivity index (χ4n) is 3.17. The van der Waals surface area contributed by atoms with Gasteiger partial charge in [0.2, 0.25) is 0 Å². The van der Waals surface area contributed by atoms with Gasteiger partial charge >= 0.3 is 5.97 Å². The van der Waals surface area contributed by atoms with E-state index >= 15 is 0 Å². The lowest BCUT2D eigenvalue weighted by molar-refractivity contribution is -0.139. The summed E-state index contributed by atoms with van der Waals surface area (Å²) in [5.74, 6) is -0.859. The number of rotatable bonds is 20. The van der Waals surface area contributed by atoms with Gasteiger partial charge in [-0.3, -0.25) is 9.79 Å². The molecule has 0 amide bonds. The summed E-state index contributed by atoms with van der Waals surface area (Å²) in [6, 6.07) is -0.621. The van der Waals surface area contributed by atoms with E-state index in [1.165, 1.54) is 38.5 Å². The molecule has 29 heavy (non-hydrogen) atoms. The van der Waals surface area contributed by atoms with Crippen molar-refractivity contribution in [3.8, 4) is 0 Å². The van der Waals surface area contributed by atoms with Crippen LogP contribution in [-0.2, 0) is 9.53 Å². The number of aliphatic hydroxyl groups excluding tert-OH is 1. The van der Waals surface area contributed by atoms with Gasteiger partial charge in [-0.1, -0.05) is 51.9 Å². The van der Waals surface area contributed by atoms with Crippen LogP contribution < -0.4 is 16.8 Å². The Kier molecular flexibility index (Phi) is 17.7. The van der Waals surface area contributed by atoms with Crippen LogP contribution in [0.3, 0.4) is 0 Å². The molecular formula is C21H44N4O4. The largest absolute Gasteiger partial charge is 0.480 e. The molecule has 0 radical (unpaired) electrons. The quantitative estimate of drug-likeness (QED) is 0.116. The minimum absolute atomic E-state index is 0.0196. The summed E-state index contributed by atoms with van der Waals surface area (Å²) < 4.78 is 5.83. The molecule has 0 aliphatic rings. The number of nitrogens with two attached hydrogens (primary N) is 2. The first-order valence-corrected chi connectivity index (χ1v) is 11.2. The second kappa shape index (κ2) is 18.6. The highest BCUT2D eigenvalue weighted by molar-refractivity contribution is 5.75. The number of carboxylic acid groups (broad SMARTS) is 1. The number of carboxylic acids is 1. The normalized spacial score (nSPS) is 14.3. The van der Waals surface area contributed by atoms with E-state index in [0.717, 1.165) is 12.8 Å². The van der Waals surface area contributed by atoms with Crippen molar-refractivity contribution in [1.82, 2.24) is 5.32 Å². The lowest BCUT2D eigenvalue weighted by atomic mass is 10.0. The van der Waals surface area contributed by atoms with Gasteiger partial charge in [-0.15, -0.1) is 0 Å². The second-order valence-corrected chi connectivity index (χ2v) is 7.71. The topological polar surface area (TPSA) is 143 Å². The van der Waals surface area contributed by atoms with Gasteiger partial charge in [0.25, 0.3) is 0 Å². The summed E-state index contributed by atoms with van der Waals surface area (Å²) in [6.07, 6.45) is 10.6. The zero-order chi connectivity index (χ0) is 21.9. The van der Waals surface area contributed by atoms with Crippen LogP contribution >= 0.6 is 0 Å². The average Bonchev–Trinajstić information content (AvgIpc) is 2.66. The molecule has 7 N–H and O–H groups in total. The van der Waals surface area contributed by atoms with Crippen molar-refractivity contribution in [2.45, 2.75) is 103 Å². The fraction of sp³-hybridized carbons (Fsp3) is 0.905. The molecule has 0 aromatic heterocycles. The Bertz CT molecular complexity index is 429.